The summed E-state index contributed by atoms with van der Waals surface area (Å²) in [5, 5.41) is 14.8. The Hall–Kier alpha value is -3.68. The van der Waals surface area contributed by atoms with Gasteiger partial charge in [-0.1, -0.05) is 60.7 Å². The molecule has 2 heterocycles. The fourth-order valence-electron chi connectivity index (χ4n) is 4.48. The molecule has 0 bridgehead atoms. The van der Waals surface area contributed by atoms with E-state index < -0.39 is 0 Å². The fourth-order valence-corrected chi connectivity index (χ4v) is 4.48. The predicted molar refractivity (Wildman–Crippen MR) is 135 cm³/mol. The van der Waals surface area contributed by atoms with Gasteiger partial charge in [0.2, 0.25) is 0 Å². The van der Waals surface area contributed by atoms with Crippen molar-refractivity contribution >= 4 is 16.8 Å². The van der Waals surface area contributed by atoms with Gasteiger partial charge in [0, 0.05) is 38.1 Å². The molecule has 1 amide bonds. The Morgan fingerprint density at radius 3 is 2.31 bits per heavy atom. The molecule has 35 heavy (non-hydrogen) atoms. The van der Waals surface area contributed by atoms with Gasteiger partial charge in [0.25, 0.3) is 5.91 Å². The lowest BCUT2D eigenvalue weighted by Gasteiger charge is -2.34. The van der Waals surface area contributed by atoms with E-state index in [4.69, 9.17) is 14.9 Å². The van der Waals surface area contributed by atoms with Crippen molar-refractivity contribution in [1.82, 2.24) is 19.6 Å². The number of hydrogen-bond donors (Lipinski definition) is 1. The van der Waals surface area contributed by atoms with Crippen molar-refractivity contribution in [2.24, 2.45) is 0 Å². The molecule has 0 aliphatic carbocycles. The standard InChI is InChI=1S/C28H30N4O3/c33-19-18-30-14-16-31(17-15-30)28(34)27-25-8-4-5-9-26(25)32(29-27)20-22-10-12-24(13-11-22)35-21-23-6-2-1-3-7-23/h1-13,33H,14-21H2. The Bertz CT molecular complexity index is 1260. The summed E-state index contributed by atoms with van der Waals surface area (Å²) in [5.74, 6) is 0.785. The molecule has 7 nitrogen and oxygen atoms in total. The molecule has 0 atom stereocenters. The topological polar surface area (TPSA) is 70.8 Å². The fraction of sp³-hybridized carbons (Fsp3) is 0.286. The number of piperazine rings is 1. The zero-order valence-corrected chi connectivity index (χ0v) is 19.7. The van der Waals surface area contributed by atoms with Crippen LogP contribution in [0.1, 0.15) is 21.6 Å². The van der Waals surface area contributed by atoms with Crippen molar-refractivity contribution in [1.29, 1.82) is 0 Å². The van der Waals surface area contributed by atoms with E-state index in [2.05, 4.69) is 4.90 Å². The van der Waals surface area contributed by atoms with Gasteiger partial charge in [0.1, 0.15) is 12.4 Å². The molecular formula is C28H30N4O3. The van der Waals surface area contributed by atoms with Crippen molar-refractivity contribution in [3.63, 3.8) is 0 Å². The molecule has 1 fully saturated rings. The van der Waals surface area contributed by atoms with E-state index in [1.165, 1.54) is 0 Å². The summed E-state index contributed by atoms with van der Waals surface area (Å²) in [6, 6.07) is 26.0. The summed E-state index contributed by atoms with van der Waals surface area (Å²) in [6.07, 6.45) is 0. The summed E-state index contributed by atoms with van der Waals surface area (Å²) in [7, 11) is 0. The van der Waals surface area contributed by atoms with Gasteiger partial charge in [-0.3, -0.25) is 14.4 Å². The molecule has 4 aromatic rings. The van der Waals surface area contributed by atoms with E-state index in [1.807, 2.05) is 88.4 Å². The molecule has 0 spiro atoms. The van der Waals surface area contributed by atoms with E-state index in [-0.39, 0.29) is 12.5 Å². The van der Waals surface area contributed by atoms with Crippen molar-refractivity contribution in [3.05, 3.63) is 95.7 Å². The second-order valence-corrected chi connectivity index (χ2v) is 8.80. The Morgan fingerprint density at radius 2 is 1.57 bits per heavy atom. The number of carbonyl (C=O) groups is 1. The normalized spacial score (nSPS) is 14.4. The van der Waals surface area contributed by atoms with Gasteiger partial charge >= 0.3 is 0 Å². The largest absolute Gasteiger partial charge is 0.489 e. The van der Waals surface area contributed by atoms with Crippen LogP contribution in [0.4, 0.5) is 0 Å². The van der Waals surface area contributed by atoms with E-state index in [1.54, 1.807) is 0 Å². The summed E-state index contributed by atoms with van der Waals surface area (Å²) < 4.78 is 7.81. The first-order valence-electron chi connectivity index (χ1n) is 12.0. The Labute approximate surface area is 205 Å². The van der Waals surface area contributed by atoms with Crippen LogP contribution in [0.5, 0.6) is 5.75 Å². The maximum absolute atomic E-state index is 13.3. The summed E-state index contributed by atoms with van der Waals surface area (Å²) in [6.45, 7) is 4.71. The molecule has 180 valence electrons. The molecule has 0 radical (unpaired) electrons. The first-order valence-corrected chi connectivity index (χ1v) is 12.0. The number of amides is 1. The van der Waals surface area contributed by atoms with Crippen LogP contribution in [0.3, 0.4) is 0 Å². The van der Waals surface area contributed by atoms with E-state index in [9.17, 15) is 4.79 Å². The van der Waals surface area contributed by atoms with Gasteiger partial charge in [-0.15, -0.1) is 0 Å². The van der Waals surface area contributed by atoms with Gasteiger partial charge in [-0.25, -0.2) is 0 Å². The number of aliphatic hydroxyl groups is 1. The van der Waals surface area contributed by atoms with E-state index in [0.29, 0.717) is 38.5 Å². The third-order valence-corrected chi connectivity index (χ3v) is 6.44. The highest BCUT2D eigenvalue weighted by Gasteiger charge is 2.26. The number of β-amino-alcohol motifs (C(OH)–C–C–N with tert-alkyl or cyclic N) is 1. The van der Waals surface area contributed by atoms with E-state index >= 15 is 0 Å². The van der Waals surface area contributed by atoms with Crippen molar-refractivity contribution < 1.29 is 14.6 Å². The van der Waals surface area contributed by atoms with Gasteiger partial charge in [-0.05, 0) is 29.3 Å². The van der Waals surface area contributed by atoms with Gasteiger partial charge < -0.3 is 14.7 Å². The molecule has 1 aliphatic heterocycles. The number of fused-ring (bicyclic) bond motifs is 1. The zero-order chi connectivity index (χ0) is 24.0. The average molecular weight is 471 g/mol. The van der Waals surface area contributed by atoms with Crippen LogP contribution in [-0.2, 0) is 13.2 Å². The number of rotatable bonds is 8. The Balaban J connectivity index is 1.29. The minimum absolute atomic E-state index is 0.0340. The highest BCUT2D eigenvalue weighted by atomic mass is 16.5. The monoisotopic (exact) mass is 470 g/mol. The molecule has 3 aromatic carbocycles. The van der Waals surface area contributed by atoms with E-state index in [0.717, 1.165) is 40.9 Å². The highest BCUT2D eigenvalue weighted by molar-refractivity contribution is 6.04. The summed E-state index contributed by atoms with van der Waals surface area (Å²) >= 11 is 0. The molecule has 1 aliphatic rings. The maximum atomic E-state index is 13.3. The van der Waals surface area contributed by atoms with Crippen LogP contribution in [-0.4, -0.2) is 69.9 Å². The molecule has 1 aromatic heterocycles. The number of hydrogen-bond acceptors (Lipinski definition) is 5. The Kier molecular flexibility index (Phi) is 7.07. The summed E-state index contributed by atoms with van der Waals surface area (Å²) in [4.78, 5) is 17.4. The first kappa shape index (κ1) is 23.1. The highest BCUT2D eigenvalue weighted by Crippen LogP contribution is 2.22. The third-order valence-electron chi connectivity index (χ3n) is 6.44. The molecule has 1 saturated heterocycles. The smallest absolute Gasteiger partial charge is 0.275 e. The number of aromatic nitrogens is 2. The molecule has 0 saturated carbocycles. The van der Waals surface area contributed by atoms with Crippen LogP contribution in [0, 0.1) is 0 Å². The second-order valence-electron chi connectivity index (χ2n) is 8.80. The van der Waals surface area contributed by atoms with Crippen LogP contribution in [0.15, 0.2) is 78.9 Å². The quantitative estimate of drug-likeness (QED) is 0.427. The van der Waals surface area contributed by atoms with Gasteiger partial charge in [0.05, 0.1) is 18.7 Å². The minimum Gasteiger partial charge on any atom is -0.489 e. The number of benzene rings is 3. The SMILES string of the molecule is O=C(c1nn(Cc2ccc(OCc3ccccc3)cc2)c2ccccc12)N1CCN(CCO)CC1. The number of carbonyl (C=O) groups excluding carboxylic acids is 1. The molecule has 5 rings (SSSR count). The number of para-hydroxylation sites is 1. The van der Waals surface area contributed by atoms with Crippen LogP contribution < -0.4 is 4.74 Å². The van der Waals surface area contributed by atoms with Gasteiger partial charge in [0.15, 0.2) is 5.69 Å². The van der Waals surface area contributed by atoms with Crippen LogP contribution in [0.25, 0.3) is 10.9 Å². The van der Waals surface area contributed by atoms with Crippen molar-refractivity contribution in [2.75, 3.05) is 39.3 Å². The summed E-state index contributed by atoms with van der Waals surface area (Å²) in [5.41, 5.74) is 3.66. The second kappa shape index (κ2) is 10.7. The number of nitrogens with zero attached hydrogens (tertiary/aromatic N) is 4. The zero-order valence-electron chi connectivity index (χ0n) is 19.7. The van der Waals surface area contributed by atoms with Crippen LogP contribution in [0.2, 0.25) is 0 Å². The maximum Gasteiger partial charge on any atom is 0.275 e. The van der Waals surface area contributed by atoms with Gasteiger partial charge in [-0.2, -0.15) is 5.10 Å². The molecule has 1 N–H and O–H groups in total. The third kappa shape index (κ3) is 5.37. The lowest BCUT2D eigenvalue weighted by molar-refractivity contribution is 0.0610. The number of ether oxygens (including phenoxy) is 1. The molecular weight excluding hydrogens is 440 g/mol. The molecule has 7 heteroatoms. The van der Waals surface area contributed by atoms with Crippen LogP contribution >= 0.6 is 0 Å². The molecule has 0 unspecified atom stereocenters. The predicted octanol–water partition coefficient (Wildman–Crippen LogP) is 3.41. The lowest BCUT2D eigenvalue weighted by Crippen LogP contribution is -2.49. The Morgan fingerprint density at radius 1 is 0.857 bits per heavy atom. The lowest BCUT2D eigenvalue weighted by atomic mass is 10.1. The average Bonchev–Trinajstić information content (AvgIpc) is 3.27. The van der Waals surface area contributed by atoms with Crippen molar-refractivity contribution in [3.8, 4) is 5.75 Å². The first-order chi connectivity index (χ1) is 17.2. The van der Waals surface area contributed by atoms with Crippen molar-refractivity contribution in [2.45, 2.75) is 13.2 Å². The minimum atomic E-state index is -0.0340. The number of aliphatic hydroxyl groups excluding tert-OH is 1.